The lowest BCUT2D eigenvalue weighted by molar-refractivity contribution is 1.01. The van der Waals surface area contributed by atoms with Gasteiger partial charge in [0.15, 0.2) is 11.0 Å². The van der Waals surface area contributed by atoms with Gasteiger partial charge in [-0.3, -0.25) is 10.2 Å². The Hall–Kier alpha value is -1.21. The average Bonchev–Trinajstić information content (AvgIpc) is 2.88. The molecule has 2 aromatic heterocycles. The van der Waals surface area contributed by atoms with Crippen LogP contribution < -0.4 is 4.90 Å². The molecule has 5 nitrogen and oxygen atoms in total. The first-order chi connectivity index (χ1) is 8.15. The molecule has 3 rings (SSSR count). The summed E-state index contributed by atoms with van der Waals surface area (Å²) < 4.78 is 0.488. The van der Waals surface area contributed by atoms with Crippen molar-refractivity contribution in [1.82, 2.24) is 20.2 Å². The largest absolute Gasteiger partial charge is 0.354 e. The number of anilines is 1. The van der Waals surface area contributed by atoms with E-state index in [1.54, 1.807) is 11.3 Å². The number of hydrogen-bond acceptors (Lipinski definition) is 5. The van der Waals surface area contributed by atoms with Gasteiger partial charge >= 0.3 is 0 Å². The molecule has 0 spiro atoms. The Bertz CT molecular complexity index is 590. The second kappa shape index (κ2) is 3.92. The number of H-pyrrole nitrogens is 2. The highest BCUT2D eigenvalue weighted by atomic mass is 32.1. The molecule has 1 aliphatic rings. The van der Waals surface area contributed by atoms with Crippen molar-refractivity contribution in [1.29, 1.82) is 0 Å². The van der Waals surface area contributed by atoms with E-state index in [-0.39, 0.29) is 0 Å². The van der Waals surface area contributed by atoms with Crippen LogP contribution in [0, 0.1) is 4.77 Å². The first-order valence-electron chi connectivity index (χ1n) is 5.48. The Balaban J connectivity index is 2.10. The van der Waals surface area contributed by atoms with Gasteiger partial charge in [0.1, 0.15) is 0 Å². The third kappa shape index (κ3) is 2.00. The first kappa shape index (κ1) is 10.9. The zero-order valence-corrected chi connectivity index (χ0v) is 11.3. The molecule has 2 heterocycles. The Kier molecular flexibility index (Phi) is 2.52. The van der Waals surface area contributed by atoms with Gasteiger partial charge in [0, 0.05) is 20.0 Å². The van der Waals surface area contributed by atoms with Gasteiger partial charge in [0.05, 0.1) is 10.6 Å². The van der Waals surface area contributed by atoms with E-state index < -0.39 is 0 Å². The van der Waals surface area contributed by atoms with E-state index in [9.17, 15) is 0 Å². The summed E-state index contributed by atoms with van der Waals surface area (Å²) in [6.07, 6.45) is 2.46. The number of nitrogens with zero attached hydrogens (tertiary/aromatic N) is 3. The average molecular weight is 267 g/mol. The van der Waals surface area contributed by atoms with Crippen LogP contribution in [-0.4, -0.2) is 34.3 Å². The Labute approximate surface area is 108 Å². The maximum absolute atomic E-state index is 4.99. The quantitative estimate of drug-likeness (QED) is 0.839. The summed E-state index contributed by atoms with van der Waals surface area (Å²) in [4.78, 5) is 12.1. The Morgan fingerprint density at radius 3 is 2.59 bits per heavy atom. The monoisotopic (exact) mass is 267 g/mol. The normalized spacial score (nSPS) is 15.2. The molecule has 0 saturated heterocycles. The van der Waals surface area contributed by atoms with E-state index in [0.29, 0.717) is 10.7 Å². The number of hydrogen-bond donors (Lipinski definition) is 2. The molecular weight excluding hydrogens is 254 g/mol. The summed E-state index contributed by atoms with van der Waals surface area (Å²) in [5, 5.41) is 6.86. The summed E-state index contributed by atoms with van der Waals surface area (Å²) >= 11 is 6.65. The topological polar surface area (TPSA) is 60.6 Å². The lowest BCUT2D eigenvalue weighted by Crippen LogP contribution is -2.07. The van der Waals surface area contributed by atoms with E-state index in [1.165, 1.54) is 12.8 Å². The predicted octanol–water partition coefficient (Wildman–Crippen LogP) is 2.53. The van der Waals surface area contributed by atoms with Gasteiger partial charge in [-0.15, -0.1) is 0 Å². The van der Waals surface area contributed by atoms with E-state index >= 15 is 0 Å². The van der Waals surface area contributed by atoms with Crippen molar-refractivity contribution in [3.8, 4) is 10.7 Å². The molecule has 0 aromatic carbocycles. The van der Waals surface area contributed by atoms with Crippen LogP contribution in [0.3, 0.4) is 0 Å². The molecule has 90 valence electrons. The highest BCUT2D eigenvalue weighted by Crippen LogP contribution is 2.46. The summed E-state index contributed by atoms with van der Waals surface area (Å²) in [6, 6.07) is 0. The number of rotatable bonds is 3. The smallest absolute Gasteiger partial charge is 0.213 e. The molecule has 0 amide bonds. The minimum Gasteiger partial charge on any atom is -0.354 e. The Morgan fingerprint density at radius 1 is 1.29 bits per heavy atom. The molecule has 0 bridgehead atoms. The van der Waals surface area contributed by atoms with Crippen LogP contribution in [0.25, 0.3) is 10.7 Å². The number of thiazole rings is 1. The predicted molar refractivity (Wildman–Crippen MR) is 71.2 cm³/mol. The van der Waals surface area contributed by atoms with Crippen molar-refractivity contribution >= 4 is 28.7 Å². The van der Waals surface area contributed by atoms with E-state index in [1.807, 2.05) is 19.0 Å². The van der Waals surface area contributed by atoms with Crippen molar-refractivity contribution in [2.24, 2.45) is 0 Å². The summed E-state index contributed by atoms with van der Waals surface area (Å²) in [7, 11) is 4.01. The van der Waals surface area contributed by atoms with Crippen molar-refractivity contribution < 1.29 is 0 Å². The molecule has 1 aliphatic carbocycles. The molecule has 0 aliphatic heterocycles. The van der Waals surface area contributed by atoms with Gasteiger partial charge in [0.25, 0.3) is 0 Å². The minimum atomic E-state index is 0.488. The van der Waals surface area contributed by atoms with Crippen LogP contribution >= 0.6 is 23.6 Å². The van der Waals surface area contributed by atoms with Gasteiger partial charge in [-0.25, -0.2) is 4.98 Å². The highest BCUT2D eigenvalue weighted by Gasteiger charge is 2.31. The third-order valence-corrected chi connectivity index (χ3v) is 4.14. The number of aromatic nitrogens is 4. The van der Waals surface area contributed by atoms with E-state index in [4.69, 9.17) is 17.2 Å². The summed E-state index contributed by atoms with van der Waals surface area (Å²) in [5.74, 6) is 1.41. The molecule has 1 fully saturated rings. The zero-order chi connectivity index (χ0) is 12.0. The fourth-order valence-corrected chi connectivity index (χ4v) is 2.85. The van der Waals surface area contributed by atoms with E-state index in [0.717, 1.165) is 21.5 Å². The minimum absolute atomic E-state index is 0.488. The van der Waals surface area contributed by atoms with Crippen LogP contribution in [0.1, 0.15) is 24.5 Å². The molecule has 0 radical (unpaired) electrons. The summed E-state index contributed by atoms with van der Waals surface area (Å²) in [6.45, 7) is 0. The molecule has 0 atom stereocenters. The van der Waals surface area contributed by atoms with Gasteiger partial charge in [-0.05, 0) is 25.1 Å². The zero-order valence-electron chi connectivity index (χ0n) is 9.65. The molecule has 1 saturated carbocycles. The lowest BCUT2D eigenvalue weighted by atomic mass is 10.2. The SMILES string of the molecule is CN(C)c1nc(C2CC2)c(-c2nc(=S)[nH][nH]2)s1. The van der Waals surface area contributed by atoms with Crippen molar-refractivity contribution in [2.75, 3.05) is 19.0 Å². The van der Waals surface area contributed by atoms with E-state index in [2.05, 4.69) is 15.2 Å². The summed E-state index contributed by atoms with van der Waals surface area (Å²) in [5.41, 5.74) is 1.16. The van der Waals surface area contributed by atoms with Gasteiger partial charge in [-0.1, -0.05) is 11.3 Å². The van der Waals surface area contributed by atoms with Crippen LogP contribution in [0.4, 0.5) is 5.13 Å². The molecule has 17 heavy (non-hydrogen) atoms. The second-order valence-electron chi connectivity index (χ2n) is 4.40. The van der Waals surface area contributed by atoms with Crippen molar-refractivity contribution in [2.45, 2.75) is 18.8 Å². The molecule has 2 aromatic rings. The van der Waals surface area contributed by atoms with Gasteiger partial charge < -0.3 is 4.90 Å². The third-order valence-electron chi connectivity index (χ3n) is 2.70. The molecule has 7 heteroatoms. The number of aromatic amines is 2. The Morgan fingerprint density at radius 2 is 2.06 bits per heavy atom. The first-order valence-corrected chi connectivity index (χ1v) is 6.70. The second-order valence-corrected chi connectivity index (χ2v) is 5.76. The highest BCUT2D eigenvalue weighted by molar-refractivity contribution is 7.71. The van der Waals surface area contributed by atoms with Crippen LogP contribution in [0.2, 0.25) is 0 Å². The maximum atomic E-state index is 4.99. The van der Waals surface area contributed by atoms with Crippen molar-refractivity contribution in [3.05, 3.63) is 10.5 Å². The molecule has 0 unspecified atom stereocenters. The van der Waals surface area contributed by atoms with Gasteiger partial charge in [0.2, 0.25) is 4.77 Å². The molecular formula is C10H13N5S2. The van der Waals surface area contributed by atoms with Crippen LogP contribution in [0.5, 0.6) is 0 Å². The standard InChI is InChI=1S/C10H13N5S2/c1-15(2)10-11-6(5-3-4-5)7(17-10)8-12-9(16)14-13-8/h5H,3-4H2,1-2H3,(H2,12,13,14,16). The van der Waals surface area contributed by atoms with Crippen LogP contribution in [0.15, 0.2) is 0 Å². The van der Waals surface area contributed by atoms with Crippen LogP contribution in [-0.2, 0) is 0 Å². The lowest BCUT2D eigenvalue weighted by Gasteiger charge is -2.05. The number of nitrogens with one attached hydrogen (secondary N) is 2. The van der Waals surface area contributed by atoms with Gasteiger partial charge in [-0.2, -0.15) is 4.98 Å². The fraction of sp³-hybridized carbons (Fsp3) is 0.500. The maximum Gasteiger partial charge on any atom is 0.213 e. The molecule has 2 N–H and O–H groups in total. The fourth-order valence-electron chi connectivity index (χ4n) is 1.69. The van der Waals surface area contributed by atoms with Crippen molar-refractivity contribution in [3.63, 3.8) is 0 Å².